The standard InChI is InChI=1S/C21H32ClNO5/c1-13(27-20(3,4)5)17(19(25)28-21(6,7)8)23-18(24)14(2)26-16-11-9-10-15(22)12-16/h9-14,17H,1-8H3,(H,23,24)/t13-,14+,17-/m1/s1. The summed E-state index contributed by atoms with van der Waals surface area (Å²) < 4.78 is 17.0. The first kappa shape index (κ1) is 24.2. The molecule has 1 amide bonds. The van der Waals surface area contributed by atoms with E-state index in [0.29, 0.717) is 10.8 Å². The number of halogens is 1. The highest BCUT2D eigenvalue weighted by molar-refractivity contribution is 6.30. The van der Waals surface area contributed by atoms with E-state index in [1.165, 1.54) is 0 Å². The van der Waals surface area contributed by atoms with E-state index in [1.807, 2.05) is 20.8 Å². The number of amides is 1. The fourth-order valence-electron chi connectivity index (χ4n) is 2.43. The summed E-state index contributed by atoms with van der Waals surface area (Å²) in [7, 11) is 0. The SMILES string of the molecule is C[C@H](Oc1cccc(Cl)c1)C(=O)N[C@@H](C(=O)OC(C)(C)C)[C@@H](C)OC(C)(C)C. The highest BCUT2D eigenvalue weighted by Crippen LogP contribution is 2.19. The van der Waals surface area contributed by atoms with E-state index in [2.05, 4.69) is 5.32 Å². The van der Waals surface area contributed by atoms with Gasteiger partial charge in [0.25, 0.3) is 5.91 Å². The summed E-state index contributed by atoms with van der Waals surface area (Å²) in [6.07, 6.45) is -1.44. The van der Waals surface area contributed by atoms with Crippen LogP contribution >= 0.6 is 11.6 Å². The van der Waals surface area contributed by atoms with Gasteiger partial charge in [0.15, 0.2) is 12.1 Å². The van der Waals surface area contributed by atoms with Crippen molar-refractivity contribution in [3.05, 3.63) is 29.3 Å². The third-order valence-corrected chi connectivity index (χ3v) is 3.68. The van der Waals surface area contributed by atoms with Crippen LogP contribution in [-0.2, 0) is 19.1 Å². The molecule has 0 fully saturated rings. The van der Waals surface area contributed by atoms with Crippen molar-refractivity contribution in [2.75, 3.05) is 0 Å². The number of benzene rings is 1. The minimum atomic E-state index is -0.976. The van der Waals surface area contributed by atoms with Gasteiger partial charge in [0.2, 0.25) is 0 Å². The second-order valence-corrected chi connectivity index (χ2v) is 9.11. The van der Waals surface area contributed by atoms with Crippen LogP contribution in [0.2, 0.25) is 5.02 Å². The number of nitrogens with one attached hydrogen (secondary N) is 1. The third-order valence-electron chi connectivity index (χ3n) is 3.45. The van der Waals surface area contributed by atoms with E-state index in [1.54, 1.807) is 58.9 Å². The molecule has 3 atom stereocenters. The zero-order valence-corrected chi connectivity index (χ0v) is 18.7. The quantitative estimate of drug-likeness (QED) is 0.680. The molecule has 0 aromatic heterocycles. The van der Waals surface area contributed by atoms with E-state index in [0.717, 1.165) is 0 Å². The average molecular weight is 414 g/mol. The Morgan fingerprint density at radius 3 is 2.14 bits per heavy atom. The predicted molar refractivity (Wildman–Crippen MR) is 110 cm³/mol. The van der Waals surface area contributed by atoms with Crippen LogP contribution in [0.25, 0.3) is 0 Å². The minimum absolute atomic E-state index is 0.458. The van der Waals surface area contributed by atoms with Crippen LogP contribution < -0.4 is 10.1 Å². The Morgan fingerprint density at radius 1 is 1.04 bits per heavy atom. The molecule has 1 aromatic rings. The van der Waals surface area contributed by atoms with Crippen molar-refractivity contribution in [1.29, 1.82) is 0 Å². The van der Waals surface area contributed by atoms with E-state index in [9.17, 15) is 9.59 Å². The zero-order valence-electron chi connectivity index (χ0n) is 18.0. The van der Waals surface area contributed by atoms with Crippen molar-refractivity contribution in [1.82, 2.24) is 5.32 Å². The lowest BCUT2D eigenvalue weighted by Crippen LogP contribution is -2.54. The van der Waals surface area contributed by atoms with Crippen molar-refractivity contribution < 1.29 is 23.8 Å². The third kappa shape index (κ3) is 8.93. The Labute approximate surface area is 172 Å². The predicted octanol–water partition coefficient (Wildman–Crippen LogP) is 4.14. The van der Waals surface area contributed by atoms with Gasteiger partial charge >= 0.3 is 5.97 Å². The van der Waals surface area contributed by atoms with Gasteiger partial charge in [-0.25, -0.2) is 4.79 Å². The van der Waals surface area contributed by atoms with Crippen molar-refractivity contribution in [3.8, 4) is 5.75 Å². The first-order valence-corrected chi connectivity index (χ1v) is 9.69. The second-order valence-electron chi connectivity index (χ2n) is 8.67. The molecule has 1 rings (SSSR count). The topological polar surface area (TPSA) is 73.9 Å². The molecule has 1 aromatic carbocycles. The van der Waals surface area contributed by atoms with Crippen LogP contribution in [0.5, 0.6) is 5.75 Å². The first-order chi connectivity index (χ1) is 12.7. The highest BCUT2D eigenvalue weighted by Gasteiger charge is 2.35. The number of hydrogen-bond donors (Lipinski definition) is 1. The summed E-state index contributed by atoms with van der Waals surface area (Å²) >= 11 is 5.94. The Kier molecular flexibility index (Phi) is 8.32. The molecule has 0 saturated carbocycles. The fraction of sp³-hybridized carbons (Fsp3) is 0.619. The lowest BCUT2D eigenvalue weighted by molar-refractivity contribution is -0.166. The summed E-state index contributed by atoms with van der Waals surface area (Å²) in [5.41, 5.74) is -1.18. The maximum absolute atomic E-state index is 12.7. The van der Waals surface area contributed by atoms with Gasteiger partial charge in [-0.15, -0.1) is 0 Å². The van der Waals surface area contributed by atoms with Crippen LogP contribution in [0.4, 0.5) is 0 Å². The lowest BCUT2D eigenvalue weighted by atomic mass is 10.1. The largest absolute Gasteiger partial charge is 0.481 e. The molecule has 0 bridgehead atoms. The van der Waals surface area contributed by atoms with Gasteiger partial charge in [0.1, 0.15) is 11.4 Å². The summed E-state index contributed by atoms with van der Waals surface area (Å²) in [4.78, 5) is 25.3. The highest BCUT2D eigenvalue weighted by atomic mass is 35.5. The van der Waals surface area contributed by atoms with Crippen molar-refractivity contribution >= 4 is 23.5 Å². The molecule has 0 aliphatic heterocycles. The molecule has 28 heavy (non-hydrogen) atoms. The zero-order chi connectivity index (χ0) is 21.7. The van der Waals surface area contributed by atoms with Gasteiger partial charge in [0.05, 0.1) is 11.7 Å². The van der Waals surface area contributed by atoms with Gasteiger partial charge in [-0.05, 0) is 73.6 Å². The lowest BCUT2D eigenvalue weighted by Gasteiger charge is -2.32. The summed E-state index contributed by atoms with van der Waals surface area (Å²) in [6.45, 7) is 14.3. The molecule has 7 heteroatoms. The minimum Gasteiger partial charge on any atom is -0.481 e. The van der Waals surface area contributed by atoms with Crippen LogP contribution in [-0.4, -0.2) is 41.3 Å². The molecule has 0 saturated heterocycles. The Morgan fingerprint density at radius 2 is 1.64 bits per heavy atom. The van der Waals surface area contributed by atoms with Crippen molar-refractivity contribution in [2.45, 2.75) is 84.8 Å². The van der Waals surface area contributed by atoms with Gasteiger partial charge < -0.3 is 19.5 Å². The average Bonchev–Trinajstić information content (AvgIpc) is 2.48. The maximum Gasteiger partial charge on any atom is 0.331 e. The van der Waals surface area contributed by atoms with Crippen LogP contribution in [0, 0.1) is 0 Å². The Balaban J connectivity index is 2.90. The van der Waals surface area contributed by atoms with Crippen molar-refractivity contribution in [2.24, 2.45) is 0 Å². The monoisotopic (exact) mass is 413 g/mol. The molecule has 0 heterocycles. The number of rotatable bonds is 7. The maximum atomic E-state index is 12.7. The van der Waals surface area contributed by atoms with Gasteiger partial charge in [-0.2, -0.15) is 0 Å². The van der Waals surface area contributed by atoms with Crippen LogP contribution in [0.1, 0.15) is 55.4 Å². The molecular weight excluding hydrogens is 382 g/mol. The number of carbonyl (C=O) groups is 2. The fourth-order valence-corrected chi connectivity index (χ4v) is 2.61. The smallest absolute Gasteiger partial charge is 0.331 e. The number of hydrogen-bond acceptors (Lipinski definition) is 5. The molecule has 0 spiro atoms. The molecule has 0 radical (unpaired) electrons. The second kappa shape index (κ2) is 9.61. The summed E-state index contributed by atoms with van der Waals surface area (Å²) in [5.74, 6) is -0.560. The van der Waals surface area contributed by atoms with Gasteiger partial charge in [-0.3, -0.25) is 4.79 Å². The molecule has 0 aliphatic rings. The molecule has 158 valence electrons. The number of ether oxygens (including phenoxy) is 3. The Bertz CT molecular complexity index is 678. The molecular formula is C21H32ClNO5. The van der Waals surface area contributed by atoms with E-state index >= 15 is 0 Å². The van der Waals surface area contributed by atoms with E-state index in [-0.39, 0.29) is 0 Å². The summed E-state index contributed by atoms with van der Waals surface area (Å²) in [6, 6.07) is 5.78. The summed E-state index contributed by atoms with van der Waals surface area (Å²) in [5, 5.41) is 3.20. The Hall–Kier alpha value is -1.79. The van der Waals surface area contributed by atoms with E-state index in [4.69, 9.17) is 25.8 Å². The molecule has 0 aliphatic carbocycles. The van der Waals surface area contributed by atoms with Gasteiger partial charge in [-0.1, -0.05) is 17.7 Å². The van der Waals surface area contributed by atoms with Crippen LogP contribution in [0.3, 0.4) is 0 Å². The van der Waals surface area contributed by atoms with Crippen molar-refractivity contribution in [3.63, 3.8) is 0 Å². The molecule has 6 nitrogen and oxygen atoms in total. The van der Waals surface area contributed by atoms with Crippen LogP contribution in [0.15, 0.2) is 24.3 Å². The number of carbonyl (C=O) groups excluding carboxylic acids is 2. The number of esters is 1. The van der Waals surface area contributed by atoms with E-state index < -0.39 is 41.3 Å². The molecule has 0 unspecified atom stereocenters. The molecule has 1 N–H and O–H groups in total. The normalized spacial score (nSPS) is 15.3. The van der Waals surface area contributed by atoms with Gasteiger partial charge in [0, 0.05) is 5.02 Å². The first-order valence-electron chi connectivity index (χ1n) is 9.31.